The largest absolute Gasteiger partial charge is 0.392 e. The Kier molecular flexibility index (Phi) is 3.82. The molecule has 18 heavy (non-hydrogen) atoms. The van der Waals surface area contributed by atoms with Crippen LogP contribution in [0.25, 0.3) is 0 Å². The number of rotatable bonds is 3. The number of aromatic nitrogens is 2. The fourth-order valence-electron chi connectivity index (χ4n) is 1.93. The van der Waals surface area contributed by atoms with Crippen LogP contribution in [0.2, 0.25) is 0 Å². The molecule has 0 saturated heterocycles. The van der Waals surface area contributed by atoms with Crippen molar-refractivity contribution in [1.82, 2.24) is 9.78 Å². The molecule has 0 spiro atoms. The van der Waals surface area contributed by atoms with E-state index in [0.717, 1.165) is 22.5 Å². The van der Waals surface area contributed by atoms with E-state index in [0.29, 0.717) is 11.0 Å². The van der Waals surface area contributed by atoms with Gasteiger partial charge in [-0.05, 0) is 47.5 Å². The van der Waals surface area contributed by atoms with Crippen LogP contribution in [0.15, 0.2) is 22.7 Å². The molecule has 0 atom stereocenters. The SMILES string of the molecule is Cc1nn(Cc2ccc(F)c(Br)c2)c(C)c1CO. The summed E-state index contributed by atoms with van der Waals surface area (Å²) in [6.07, 6.45) is 0. The molecular formula is C13H14BrFN2O. The lowest BCUT2D eigenvalue weighted by Crippen LogP contribution is -2.04. The Morgan fingerprint density at radius 2 is 2.11 bits per heavy atom. The van der Waals surface area contributed by atoms with Crippen LogP contribution in [-0.4, -0.2) is 14.9 Å². The van der Waals surface area contributed by atoms with E-state index < -0.39 is 0 Å². The first kappa shape index (κ1) is 13.2. The highest BCUT2D eigenvalue weighted by molar-refractivity contribution is 9.10. The van der Waals surface area contributed by atoms with Gasteiger partial charge < -0.3 is 5.11 Å². The van der Waals surface area contributed by atoms with Crippen molar-refractivity contribution in [2.45, 2.75) is 27.0 Å². The predicted octanol–water partition coefficient (Wildman–Crippen LogP) is 2.94. The summed E-state index contributed by atoms with van der Waals surface area (Å²) in [6, 6.07) is 4.90. The molecule has 1 heterocycles. The van der Waals surface area contributed by atoms with Crippen molar-refractivity contribution in [1.29, 1.82) is 0 Å². The predicted molar refractivity (Wildman–Crippen MR) is 70.8 cm³/mol. The molecule has 0 aliphatic heterocycles. The summed E-state index contributed by atoms with van der Waals surface area (Å²) in [5.74, 6) is -0.275. The van der Waals surface area contributed by atoms with Crippen LogP contribution < -0.4 is 0 Å². The van der Waals surface area contributed by atoms with Crippen LogP contribution in [0.3, 0.4) is 0 Å². The fraction of sp³-hybridized carbons (Fsp3) is 0.308. The van der Waals surface area contributed by atoms with Crippen molar-refractivity contribution < 1.29 is 9.50 Å². The molecule has 0 aliphatic rings. The first-order valence-corrected chi connectivity index (χ1v) is 6.40. The minimum atomic E-state index is -0.275. The van der Waals surface area contributed by atoms with Crippen molar-refractivity contribution in [2.75, 3.05) is 0 Å². The van der Waals surface area contributed by atoms with E-state index in [1.807, 2.05) is 18.5 Å². The maximum absolute atomic E-state index is 13.1. The van der Waals surface area contributed by atoms with Crippen LogP contribution >= 0.6 is 15.9 Å². The molecular weight excluding hydrogens is 299 g/mol. The average molecular weight is 313 g/mol. The molecule has 0 radical (unpaired) electrons. The molecule has 5 heteroatoms. The van der Waals surface area contributed by atoms with Crippen molar-refractivity contribution in [3.05, 3.63) is 51.0 Å². The van der Waals surface area contributed by atoms with Gasteiger partial charge in [0.2, 0.25) is 0 Å². The number of benzene rings is 1. The van der Waals surface area contributed by atoms with E-state index in [-0.39, 0.29) is 12.4 Å². The van der Waals surface area contributed by atoms with E-state index in [4.69, 9.17) is 0 Å². The minimum absolute atomic E-state index is 0.00915. The number of nitrogens with zero attached hydrogens (tertiary/aromatic N) is 2. The van der Waals surface area contributed by atoms with Crippen molar-refractivity contribution in [3.63, 3.8) is 0 Å². The van der Waals surface area contributed by atoms with Gasteiger partial charge in [0, 0.05) is 11.3 Å². The van der Waals surface area contributed by atoms with E-state index in [1.165, 1.54) is 6.07 Å². The molecule has 0 unspecified atom stereocenters. The van der Waals surface area contributed by atoms with Gasteiger partial charge in [0.1, 0.15) is 5.82 Å². The van der Waals surface area contributed by atoms with Gasteiger partial charge in [-0.3, -0.25) is 4.68 Å². The van der Waals surface area contributed by atoms with Crippen LogP contribution in [-0.2, 0) is 13.2 Å². The van der Waals surface area contributed by atoms with Crippen LogP contribution in [0.5, 0.6) is 0 Å². The monoisotopic (exact) mass is 312 g/mol. The summed E-state index contributed by atoms with van der Waals surface area (Å²) >= 11 is 3.17. The molecule has 1 aromatic heterocycles. The minimum Gasteiger partial charge on any atom is -0.392 e. The summed E-state index contributed by atoms with van der Waals surface area (Å²) in [5.41, 5.74) is 3.58. The zero-order valence-electron chi connectivity index (χ0n) is 10.2. The molecule has 0 bridgehead atoms. The lowest BCUT2D eigenvalue weighted by molar-refractivity contribution is 0.280. The second kappa shape index (κ2) is 5.20. The van der Waals surface area contributed by atoms with Gasteiger partial charge in [-0.2, -0.15) is 5.10 Å². The Hall–Kier alpha value is -1.20. The zero-order chi connectivity index (χ0) is 13.3. The van der Waals surface area contributed by atoms with Crippen LogP contribution in [0, 0.1) is 19.7 Å². The first-order valence-electron chi connectivity index (χ1n) is 5.60. The highest BCUT2D eigenvalue weighted by Crippen LogP contribution is 2.19. The number of aliphatic hydroxyl groups excluding tert-OH is 1. The molecule has 0 amide bonds. The number of halogens is 2. The summed E-state index contributed by atoms with van der Waals surface area (Å²) in [7, 11) is 0. The Labute approximate surface area is 113 Å². The third kappa shape index (κ3) is 2.47. The van der Waals surface area contributed by atoms with Gasteiger partial charge in [-0.25, -0.2) is 4.39 Å². The summed E-state index contributed by atoms with van der Waals surface area (Å²) in [6.45, 7) is 4.34. The summed E-state index contributed by atoms with van der Waals surface area (Å²) in [4.78, 5) is 0. The number of aliphatic hydroxyl groups is 1. The van der Waals surface area contributed by atoms with E-state index >= 15 is 0 Å². The molecule has 96 valence electrons. The molecule has 3 nitrogen and oxygen atoms in total. The highest BCUT2D eigenvalue weighted by Gasteiger charge is 2.11. The average Bonchev–Trinajstić information content (AvgIpc) is 2.59. The van der Waals surface area contributed by atoms with Gasteiger partial charge >= 0.3 is 0 Å². The lowest BCUT2D eigenvalue weighted by atomic mass is 10.2. The number of hydrogen-bond acceptors (Lipinski definition) is 2. The maximum atomic E-state index is 13.1. The highest BCUT2D eigenvalue weighted by atomic mass is 79.9. The molecule has 0 fully saturated rings. The summed E-state index contributed by atoms with van der Waals surface area (Å²) < 4.78 is 15.4. The van der Waals surface area contributed by atoms with Gasteiger partial charge in [0.15, 0.2) is 0 Å². The van der Waals surface area contributed by atoms with Crippen molar-refractivity contribution in [2.24, 2.45) is 0 Å². The first-order chi connectivity index (χ1) is 8.52. The zero-order valence-corrected chi connectivity index (χ0v) is 11.8. The van der Waals surface area contributed by atoms with E-state index in [1.54, 1.807) is 12.1 Å². The van der Waals surface area contributed by atoms with Crippen molar-refractivity contribution in [3.8, 4) is 0 Å². The number of aryl methyl sites for hydroxylation is 1. The third-order valence-electron chi connectivity index (χ3n) is 3.01. The third-order valence-corrected chi connectivity index (χ3v) is 3.61. The van der Waals surface area contributed by atoms with Crippen LogP contribution in [0.4, 0.5) is 4.39 Å². The Balaban J connectivity index is 2.31. The van der Waals surface area contributed by atoms with Crippen molar-refractivity contribution >= 4 is 15.9 Å². The fourth-order valence-corrected chi connectivity index (χ4v) is 2.35. The standard InChI is InChI=1S/C13H14BrFN2O/c1-8-11(7-18)9(2)17(16-8)6-10-3-4-13(15)12(14)5-10/h3-5,18H,6-7H2,1-2H3. The molecule has 0 saturated carbocycles. The van der Waals surface area contributed by atoms with E-state index in [2.05, 4.69) is 21.0 Å². The normalized spacial score (nSPS) is 10.9. The maximum Gasteiger partial charge on any atom is 0.137 e. The Morgan fingerprint density at radius 3 is 2.67 bits per heavy atom. The van der Waals surface area contributed by atoms with Gasteiger partial charge in [-0.15, -0.1) is 0 Å². The molecule has 1 aromatic carbocycles. The summed E-state index contributed by atoms with van der Waals surface area (Å²) in [5, 5.41) is 13.6. The molecule has 2 rings (SSSR count). The molecule has 0 aliphatic carbocycles. The molecule has 2 aromatic rings. The topological polar surface area (TPSA) is 38.0 Å². The smallest absolute Gasteiger partial charge is 0.137 e. The van der Waals surface area contributed by atoms with Gasteiger partial charge in [0.05, 0.1) is 23.3 Å². The quantitative estimate of drug-likeness (QED) is 0.946. The van der Waals surface area contributed by atoms with Gasteiger partial charge in [-0.1, -0.05) is 6.07 Å². The molecule has 1 N–H and O–H groups in total. The number of hydrogen-bond donors (Lipinski definition) is 1. The second-order valence-corrected chi connectivity index (χ2v) is 5.07. The lowest BCUT2D eigenvalue weighted by Gasteiger charge is -2.06. The van der Waals surface area contributed by atoms with Crippen LogP contribution in [0.1, 0.15) is 22.5 Å². The van der Waals surface area contributed by atoms with E-state index in [9.17, 15) is 9.50 Å². The second-order valence-electron chi connectivity index (χ2n) is 4.21. The Bertz CT molecular complexity index is 581. The van der Waals surface area contributed by atoms with Gasteiger partial charge in [0.25, 0.3) is 0 Å². The Morgan fingerprint density at radius 1 is 1.39 bits per heavy atom.